The molecule has 0 spiro atoms. The van der Waals surface area contributed by atoms with Crippen molar-refractivity contribution in [1.29, 1.82) is 0 Å². The normalized spacial score (nSPS) is 10.6. The van der Waals surface area contributed by atoms with Gasteiger partial charge in [-0.15, -0.1) is 0 Å². The molecular weight excluding hydrogens is 303 g/mol. The number of unbranched alkanes of at least 4 members (excludes halogenated alkanes) is 1. The number of halogens is 2. The number of ether oxygens (including phenoxy) is 2. The predicted octanol–water partition coefficient (Wildman–Crippen LogP) is 2.84. The second-order valence-corrected chi connectivity index (χ2v) is 4.64. The Balaban J connectivity index is 2.07. The van der Waals surface area contributed by atoms with Crippen molar-refractivity contribution in [2.24, 2.45) is 0 Å². The third-order valence-corrected chi connectivity index (χ3v) is 2.68. The standard InChI is InChI=1S/C12H18BrFN2O2/c1-17-6-7-18-5-3-2-4-15-12-11(14)8-10(13)9-16-12/h8-9H,2-7H2,1H3,(H,15,16). The van der Waals surface area contributed by atoms with Crippen LogP contribution in [0.4, 0.5) is 10.2 Å². The number of aromatic nitrogens is 1. The van der Waals surface area contributed by atoms with E-state index in [-0.39, 0.29) is 5.82 Å². The van der Waals surface area contributed by atoms with E-state index in [0.717, 1.165) is 12.8 Å². The molecule has 1 aromatic heterocycles. The quantitative estimate of drug-likeness (QED) is 0.710. The molecule has 4 nitrogen and oxygen atoms in total. The van der Waals surface area contributed by atoms with Gasteiger partial charge in [0.2, 0.25) is 0 Å². The number of anilines is 1. The van der Waals surface area contributed by atoms with Gasteiger partial charge in [-0.25, -0.2) is 9.37 Å². The Bertz CT molecular complexity index is 353. The summed E-state index contributed by atoms with van der Waals surface area (Å²) in [6, 6.07) is 1.39. The zero-order valence-electron chi connectivity index (χ0n) is 10.4. The summed E-state index contributed by atoms with van der Waals surface area (Å²) in [5, 5.41) is 2.96. The molecule has 0 bridgehead atoms. The van der Waals surface area contributed by atoms with Crippen LogP contribution in [0.1, 0.15) is 12.8 Å². The van der Waals surface area contributed by atoms with E-state index in [1.54, 1.807) is 13.3 Å². The number of nitrogens with zero attached hydrogens (tertiary/aromatic N) is 1. The molecule has 0 amide bonds. The van der Waals surface area contributed by atoms with Gasteiger partial charge in [-0.2, -0.15) is 0 Å². The largest absolute Gasteiger partial charge is 0.382 e. The van der Waals surface area contributed by atoms with E-state index in [4.69, 9.17) is 9.47 Å². The van der Waals surface area contributed by atoms with Gasteiger partial charge >= 0.3 is 0 Å². The number of rotatable bonds is 9. The summed E-state index contributed by atoms with van der Waals surface area (Å²) in [5.41, 5.74) is 0. The van der Waals surface area contributed by atoms with E-state index in [0.29, 0.717) is 36.7 Å². The summed E-state index contributed by atoms with van der Waals surface area (Å²) < 4.78 is 24.2. The van der Waals surface area contributed by atoms with Gasteiger partial charge in [-0.1, -0.05) is 0 Å². The van der Waals surface area contributed by atoms with Gasteiger partial charge in [0.1, 0.15) is 0 Å². The molecule has 0 fully saturated rings. The van der Waals surface area contributed by atoms with Crippen LogP contribution in [0.3, 0.4) is 0 Å². The monoisotopic (exact) mass is 320 g/mol. The Morgan fingerprint density at radius 1 is 1.33 bits per heavy atom. The fourth-order valence-corrected chi connectivity index (χ4v) is 1.63. The molecule has 1 N–H and O–H groups in total. The van der Waals surface area contributed by atoms with Crippen molar-refractivity contribution >= 4 is 21.7 Å². The lowest BCUT2D eigenvalue weighted by atomic mass is 10.3. The minimum absolute atomic E-state index is 0.290. The zero-order valence-corrected chi connectivity index (χ0v) is 12.0. The Morgan fingerprint density at radius 3 is 2.89 bits per heavy atom. The maximum absolute atomic E-state index is 13.4. The SMILES string of the molecule is COCCOCCCCNc1ncc(Br)cc1F. The van der Waals surface area contributed by atoms with Gasteiger partial charge in [0.25, 0.3) is 0 Å². The maximum atomic E-state index is 13.4. The van der Waals surface area contributed by atoms with Crippen molar-refractivity contribution in [2.45, 2.75) is 12.8 Å². The summed E-state index contributed by atoms with van der Waals surface area (Å²) in [7, 11) is 1.65. The van der Waals surface area contributed by atoms with Crippen LogP contribution in [0.15, 0.2) is 16.7 Å². The molecule has 0 saturated heterocycles. The molecule has 1 heterocycles. The molecular formula is C12H18BrFN2O2. The highest BCUT2D eigenvalue weighted by molar-refractivity contribution is 9.10. The van der Waals surface area contributed by atoms with Crippen LogP contribution in [-0.2, 0) is 9.47 Å². The molecule has 0 aliphatic carbocycles. The number of methoxy groups -OCH3 is 1. The van der Waals surface area contributed by atoms with Gasteiger partial charge in [-0.3, -0.25) is 0 Å². The Labute approximate surface area is 115 Å². The third kappa shape index (κ3) is 6.28. The lowest BCUT2D eigenvalue weighted by molar-refractivity contribution is 0.0691. The average molecular weight is 321 g/mol. The summed E-state index contributed by atoms with van der Waals surface area (Å²) in [6.07, 6.45) is 3.40. The van der Waals surface area contributed by atoms with Crippen LogP contribution in [0.2, 0.25) is 0 Å². The highest BCUT2D eigenvalue weighted by atomic mass is 79.9. The van der Waals surface area contributed by atoms with E-state index in [2.05, 4.69) is 26.2 Å². The zero-order chi connectivity index (χ0) is 13.2. The third-order valence-electron chi connectivity index (χ3n) is 2.25. The van der Waals surface area contributed by atoms with Gasteiger partial charge < -0.3 is 14.8 Å². The minimum atomic E-state index is -0.347. The lowest BCUT2D eigenvalue weighted by Crippen LogP contribution is -2.08. The van der Waals surface area contributed by atoms with Crippen molar-refractivity contribution in [3.05, 3.63) is 22.6 Å². The van der Waals surface area contributed by atoms with E-state index in [1.807, 2.05) is 0 Å². The Hall–Kier alpha value is -0.720. The topological polar surface area (TPSA) is 43.4 Å². The second kappa shape index (κ2) is 9.24. The Kier molecular flexibility index (Phi) is 7.88. The molecule has 102 valence electrons. The molecule has 0 unspecified atom stereocenters. The van der Waals surface area contributed by atoms with Crippen molar-refractivity contribution in [3.8, 4) is 0 Å². The average Bonchev–Trinajstić information content (AvgIpc) is 2.35. The first-order chi connectivity index (χ1) is 8.74. The van der Waals surface area contributed by atoms with Crippen molar-refractivity contribution in [3.63, 3.8) is 0 Å². The molecule has 0 saturated carbocycles. The summed E-state index contributed by atoms with van der Waals surface area (Å²) >= 11 is 3.16. The van der Waals surface area contributed by atoms with E-state index in [1.165, 1.54) is 6.07 Å². The first kappa shape index (κ1) is 15.3. The molecule has 0 aliphatic rings. The summed E-state index contributed by atoms with van der Waals surface area (Å²) in [4.78, 5) is 3.96. The lowest BCUT2D eigenvalue weighted by Gasteiger charge is -2.07. The van der Waals surface area contributed by atoms with E-state index < -0.39 is 0 Å². The van der Waals surface area contributed by atoms with Crippen LogP contribution < -0.4 is 5.32 Å². The number of hydrogen-bond acceptors (Lipinski definition) is 4. The first-order valence-corrected chi connectivity index (χ1v) is 6.65. The molecule has 18 heavy (non-hydrogen) atoms. The van der Waals surface area contributed by atoms with Crippen LogP contribution in [-0.4, -0.2) is 38.5 Å². The van der Waals surface area contributed by atoms with Gasteiger partial charge in [0.05, 0.1) is 13.2 Å². The molecule has 6 heteroatoms. The van der Waals surface area contributed by atoms with Gasteiger partial charge in [0.15, 0.2) is 11.6 Å². The van der Waals surface area contributed by atoms with Crippen LogP contribution in [0.25, 0.3) is 0 Å². The van der Waals surface area contributed by atoms with Crippen molar-refractivity contribution in [2.75, 3.05) is 38.8 Å². The maximum Gasteiger partial charge on any atom is 0.166 e. The van der Waals surface area contributed by atoms with E-state index in [9.17, 15) is 4.39 Å². The fraction of sp³-hybridized carbons (Fsp3) is 0.583. The summed E-state index contributed by atoms with van der Waals surface area (Å²) in [5.74, 6) is -0.0563. The smallest absolute Gasteiger partial charge is 0.166 e. The molecule has 0 aromatic carbocycles. The summed E-state index contributed by atoms with van der Waals surface area (Å²) in [6.45, 7) is 2.61. The highest BCUT2D eigenvalue weighted by Gasteiger charge is 2.02. The second-order valence-electron chi connectivity index (χ2n) is 3.72. The molecule has 0 aliphatic heterocycles. The number of hydrogen-bond donors (Lipinski definition) is 1. The number of pyridine rings is 1. The molecule has 0 atom stereocenters. The Morgan fingerprint density at radius 2 is 2.17 bits per heavy atom. The van der Waals surface area contributed by atoms with Crippen LogP contribution >= 0.6 is 15.9 Å². The molecule has 0 radical (unpaired) electrons. The highest BCUT2D eigenvalue weighted by Crippen LogP contribution is 2.15. The van der Waals surface area contributed by atoms with Crippen molar-refractivity contribution in [1.82, 2.24) is 4.98 Å². The van der Waals surface area contributed by atoms with E-state index >= 15 is 0 Å². The van der Waals surface area contributed by atoms with Gasteiger partial charge in [0, 0.05) is 30.9 Å². The molecule has 1 aromatic rings. The van der Waals surface area contributed by atoms with Crippen LogP contribution in [0.5, 0.6) is 0 Å². The first-order valence-electron chi connectivity index (χ1n) is 5.85. The van der Waals surface area contributed by atoms with Crippen LogP contribution in [0, 0.1) is 5.82 Å². The van der Waals surface area contributed by atoms with Crippen molar-refractivity contribution < 1.29 is 13.9 Å². The van der Waals surface area contributed by atoms with Gasteiger partial charge in [-0.05, 0) is 34.8 Å². The minimum Gasteiger partial charge on any atom is -0.382 e. The molecule has 1 rings (SSSR count). The number of nitrogens with one attached hydrogen (secondary N) is 1. The fourth-order valence-electron chi connectivity index (χ4n) is 1.32. The predicted molar refractivity (Wildman–Crippen MR) is 72.3 cm³/mol.